The Bertz CT molecular complexity index is 680. The molecule has 0 radical (unpaired) electrons. The summed E-state index contributed by atoms with van der Waals surface area (Å²) in [6.07, 6.45) is 1.75. The molecule has 0 bridgehead atoms. The molecule has 0 aliphatic carbocycles. The van der Waals surface area contributed by atoms with Gasteiger partial charge in [-0.3, -0.25) is 4.98 Å². The largest absolute Gasteiger partial charge is 0.389 e. The minimum atomic E-state index is -0.0165. The summed E-state index contributed by atoms with van der Waals surface area (Å²) in [5.74, 6) is 0. The molecule has 0 spiro atoms. The molecule has 2 aromatic heterocycles. The van der Waals surface area contributed by atoms with Crippen LogP contribution in [0.2, 0.25) is 0 Å². The van der Waals surface area contributed by atoms with Gasteiger partial charge < -0.3 is 5.11 Å². The Kier molecular flexibility index (Phi) is 2.38. The van der Waals surface area contributed by atoms with Crippen LogP contribution in [-0.2, 0) is 6.61 Å². The topological polar surface area (TPSA) is 46.0 Å². The van der Waals surface area contributed by atoms with Crippen molar-refractivity contribution in [3.63, 3.8) is 0 Å². The van der Waals surface area contributed by atoms with Crippen molar-refractivity contribution in [1.29, 1.82) is 0 Å². The standard InChI is InChI=1S/C11H7BrN2OS/c12-6-1-2-7-8(3-6)13-4-9-11(7)16-10(5-15)14-9/h1-4,15H,5H2. The fraction of sp³-hybridized carbons (Fsp3) is 0.0909. The summed E-state index contributed by atoms with van der Waals surface area (Å²) >= 11 is 4.94. The SMILES string of the molecule is OCc1nc2cnc3cc(Br)ccc3c2s1. The average Bonchev–Trinajstić information content (AvgIpc) is 2.71. The first-order valence-electron chi connectivity index (χ1n) is 4.72. The van der Waals surface area contributed by atoms with E-state index in [-0.39, 0.29) is 6.61 Å². The number of pyridine rings is 1. The van der Waals surface area contributed by atoms with Crippen LogP contribution in [0.3, 0.4) is 0 Å². The molecule has 3 nitrogen and oxygen atoms in total. The van der Waals surface area contributed by atoms with Crippen LogP contribution in [0.1, 0.15) is 5.01 Å². The van der Waals surface area contributed by atoms with E-state index in [1.165, 1.54) is 11.3 Å². The summed E-state index contributed by atoms with van der Waals surface area (Å²) in [4.78, 5) is 8.65. The molecule has 16 heavy (non-hydrogen) atoms. The minimum Gasteiger partial charge on any atom is -0.389 e. The molecule has 0 aliphatic heterocycles. The molecule has 2 heterocycles. The van der Waals surface area contributed by atoms with Gasteiger partial charge in [0.2, 0.25) is 0 Å². The zero-order valence-electron chi connectivity index (χ0n) is 8.14. The van der Waals surface area contributed by atoms with Gasteiger partial charge in [-0.25, -0.2) is 4.98 Å². The Balaban J connectivity index is 2.43. The van der Waals surface area contributed by atoms with Crippen molar-refractivity contribution in [1.82, 2.24) is 9.97 Å². The van der Waals surface area contributed by atoms with Crippen LogP contribution < -0.4 is 0 Å². The van der Waals surface area contributed by atoms with Crippen LogP contribution >= 0.6 is 27.3 Å². The van der Waals surface area contributed by atoms with E-state index >= 15 is 0 Å². The fourth-order valence-corrected chi connectivity index (χ4v) is 2.94. The van der Waals surface area contributed by atoms with E-state index in [1.54, 1.807) is 6.20 Å². The van der Waals surface area contributed by atoms with Gasteiger partial charge in [0, 0.05) is 9.86 Å². The number of benzene rings is 1. The van der Waals surface area contributed by atoms with Crippen LogP contribution in [0.25, 0.3) is 21.1 Å². The third-order valence-electron chi connectivity index (χ3n) is 2.36. The molecular formula is C11H7BrN2OS. The van der Waals surface area contributed by atoms with E-state index in [9.17, 15) is 0 Å². The van der Waals surface area contributed by atoms with Crippen molar-refractivity contribution in [2.24, 2.45) is 0 Å². The lowest BCUT2D eigenvalue weighted by molar-refractivity contribution is 0.281. The molecule has 0 saturated carbocycles. The van der Waals surface area contributed by atoms with E-state index in [2.05, 4.69) is 25.9 Å². The number of aliphatic hydroxyl groups is 1. The van der Waals surface area contributed by atoms with Crippen LogP contribution in [0.15, 0.2) is 28.9 Å². The molecule has 80 valence electrons. The Morgan fingerprint density at radius 2 is 2.19 bits per heavy atom. The molecule has 0 fully saturated rings. The number of aliphatic hydroxyl groups excluding tert-OH is 1. The molecular weight excluding hydrogens is 288 g/mol. The monoisotopic (exact) mass is 294 g/mol. The van der Waals surface area contributed by atoms with Crippen molar-refractivity contribution in [2.75, 3.05) is 0 Å². The van der Waals surface area contributed by atoms with E-state index in [4.69, 9.17) is 5.11 Å². The second-order valence-corrected chi connectivity index (χ2v) is 5.40. The van der Waals surface area contributed by atoms with Gasteiger partial charge in [0.15, 0.2) is 0 Å². The second-order valence-electron chi connectivity index (χ2n) is 3.40. The van der Waals surface area contributed by atoms with Gasteiger partial charge in [-0.1, -0.05) is 22.0 Å². The summed E-state index contributed by atoms with van der Waals surface area (Å²) in [5, 5.41) is 10.9. The van der Waals surface area contributed by atoms with Crippen LogP contribution in [-0.4, -0.2) is 15.1 Å². The van der Waals surface area contributed by atoms with Gasteiger partial charge in [0.05, 0.1) is 23.0 Å². The number of hydrogen-bond acceptors (Lipinski definition) is 4. The Morgan fingerprint density at radius 3 is 3.00 bits per heavy atom. The molecule has 0 atom stereocenters. The molecule has 3 aromatic rings. The van der Waals surface area contributed by atoms with E-state index in [1.807, 2.05) is 18.2 Å². The number of hydrogen-bond donors (Lipinski definition) is 1. The summed E-state index contributed by atoms with van der Waals surface area (Å²) in [7, 11) is 0. The van der Waals surface area contributed by atoms with E-state index in [0.717, 1.165) is 30.6 Å². The number of fused-ring (bicyclic) bond motifs is 3. The third kappa shape index (κ3) is 1.52. The number of aromatic nitrogens is 2. The predicted molar refractivity (Wildman–Crippen MR) is 68.5 cm³/mol. The molecule has 5 heteroatoms. The fourth-order valence-electron chi connectivity index (χ4n) is 1.66. The predicted octanol–water partition coefficient (Wildman–Crippen LogP) is 3.10. The molecule has 0 saturated heterocycles. The smallest absolute Gasteiger partial charge is 0.119 e. The van der Waals surface area contributed by atoms with Gasteiger partial charge >= 0.3 is 0 Å². The van der Waals surface area contributed by atoms with E-state index < -0.39 is 0 Å². The van der Waals surface area contributed by atoms with Crippen LogP contribution in [0, 0.1) is 0 Å². The molecule has 3 rings (SSSR count). The molecule has 0 unspecified atom stereocenters. The maximum absolute atomic E-state index is 9.07. The van der Waals surface area contributed by atoms with Gasteiger partial charge in [0.25, 0.3) is 0 Å². The van der Waals surface area contributed by atoms with Gasteiger partial charge in [-0.15, -0.1) is 11.3 Å². The highest BCUT2D eigenvalue weighted by molar-refractivity contribution is 9.10. The van der Waals surface area contributed by atoms with Crippen molar-refractivity contribution in [3.05, 3.63) is 33.9 Å². The minimum absolute atomic E-state index is 0.0165. The first kappa shape index (κ1) is 10.1. The number of rotatable bonds is 1. The molecule has 1 aromatic carbocycles. The average molecular weight is 295 g/mol. The summed E-state index contributed by atoms with van der Waals surface area (Å²) < 4.78 is 2.10. The van der Waals surface area contributed by atoms with Crippen molar-refractivity contribution in [2.45, 2.75) is 6.61 Å². The highest BCUT2D eigenvalue weighted by Crippen LogP contribution is 2.30. The zero-order chi connectivity index (χ0) is 11.1. The van der Waals surface area contributed by atoms with Gasteiger partial charge in [0.1, 0.15) is 10.5 Å². The van der Waals surface area contributed by atoms with Crippen molar-refractivity contribution >= 4 is 48.4 Å². The van der Waals surface area contributed by atoms with Crippen molar-refractivity contribution < 1.29 is 5.11 Å². The van der Waals surface area contributed by atoms with Gasteiger partial charge in [-0.2, -0.15) is 0 Å². The molecule has 1 N–H and O–H groups in total. The lowest BCUT2D eigenvalue weighted by Gasteiger charge is -1.97. The Hall–Kier alpha value is -1.04. The highest BCUT2D eigenvalue weighted by atomic mass is 79.9. The lowest BCUT2D eigenvalue weighted by atomic mass is 10.2. The quantitative estimate of drug-likeness (QED) is 0.750. The lowest BCUT2D eigenvalue weighted by Crippen LogP contribution is -1.80. The van der Waals surface area contributed by atoms with E-state index in [0.29, 0.717) is 0 Å². The Morgan fingerprint density at radius 1 is 1.31 bits per heavy atom. The maximum atomic E-state index is 9.07. The normalized spacial score (nSPS) is 11.4. The summed E-state index contributed by atoms with van der Waals surface area (Å²) in [6.45, 7) is -0.0165. The first-order valence-corrected chi connectivity index (χ1v) is 6.33. The first-order chi connectivity index (χ1) is 7.78. The third-order valence-corrected chi connectivity index (χ3v) is 3.95. The summed E-state index contributed by atoms with van der Waals surface area (Å²) in [5.41, 5.74) is 1.79. The number of thiazole rings is 1. The van der Waals surface area contributed by atoms with Crippen LogP contribution in [0.4, 0.5) is 0 Å². The zero-order valence-corrected chi connectivity index (χ0v) is 10.5. The van der Waals surface area contributed by atoms with Gasteiger partial charge in [-0.05, 0) is 12.1 Å². The molecule has 0 amide bonds. The maximum Gasteiger partial charge on any atom is 0.119 e. The summed E-state index contributed by atoms with van der Waals surface area (Å²) in [6, 6.07) is 5.99. The second kappa shape index (κ2) is 3.76. The highest BCUT2D eigenvalue weighted by Gasteiger charge is 2.07. The number of nitrogens with zero attached hydrogens (tertiary/aromatic N) is 2. The Labute approximate surface area is 104 Å². The molecule has 0 aliphatic rings. The van der Waals surface area contributed by atoms with Crippen molar-refractivity contribution in [3.8, 4) is 0 Å². The van der Waals surface area contributed by atoms with Crippen LogP contribution in [0.5, 0.6) is 0 Å². The number of halogens is 1.